The number of anilines is 1. The van der Waals surface area contributed by atoms with Crippen LogP contribution in [0.4, 0.5) is 11.4 Å². The Labute approximate surface area is 170 Å². The van der Waals surface area contributed by atoms with E-state index in [9.17, 15) is 14.9 Å². The van der Waals surface area contributed by atoms with Gasteiger partial charge < -0.3 is 15.4 Å². The molecule has 1 aliphatic rings. The maximum Gasteiger partial charge on any atom is 0.270 e. The van der Waals surface area contributed by atoms with Gasteiger partial charge in [-0.3, -0.25) is 19.8 Å². The van der Waals surface area contributed by atoms with Gasteiger partial charge in [0.1, 0.15) is 5.75 Å². The first kappa shape index (κ1) is 20.6. The minimum Gasteiger partial charge on any atom is -0.497 e. The number of hydrogen-bond acceptors (Lipinski definition) is 6. The van der Waals surface area contributed by atoms with Crippen molar-refractivity contribution in [3.8, 4) is 5.75 Å². The minimum absolute atomic E-state index is 0.0316. The molecule has 1 atom stereocenters. The Hall–Kier alpha value is -3.13. The Morgan fingerprint density at radius 1 is 1.21 bits per heavy atom. The molecule has 1 fully saturated rings. The van der Waals surface area contributed by atoms with E-state index >= 15 is 0 Å². The number of non-ortho nitro benzene ring substituents is 1. The van der Waals surface area contributed by atoms with Gasteiger partial charge in [-0.1, -0.05) is 12.1 Å². The molecule has 2 aromatic carbocycles. The number of nitro benzene ring substituents is 1. The van der Waals surface area contributed by atoms with Crippen molar-refractivity contribution in [2.24, 2.45) is 0 Å². The largest absolute Gasteiger partial charge is 0.497 e. The average Bonchev–Trinajstić information content (AvgIpc) is 3.28. The first-order chi connectivity index (χ1) is 14.0. The third kappa shape index (κ3) is 4.83. The molecule has 154 valence electrons. The molecule has 3 rings (SSSR count). The molecule has 1 amide bonds. The Balaban J connectivity index is 1.79. The molecule has 1 saturated heterocycles. The second kappa shape index (κ2) is 9.38. The zero-order valence-corrected chi connectivity index (χ0v) is 16.7. The summed E-state index contributed by atoms with van der Waals surface area (Å²) < 4.78 is 5.24. The van der Waals surface area contributed by atoms with Crippen LogP contribution in [0, 0.1) is 10.1 Å². The molecule has 0 saturated carbocycles. The standard InChI is InChI=1S/C21H26N4O4/c1-22-19-10-7-16(25(27)28)13-18(19)21(26)23-14-20(24-11-3-4-12-24)15-5-8-17(29-2)9-6-15/h5-10,13,20,22H,3-4,11-12,14H2,1-2H3,(H,23,26). The Kier molecular flexibility index (Phi) is 6.66. The number of likely N-dealkylation sites (tertiary alicyclic amines) is 1. The lowest BCUT2D eigenvalue weighted by molar-refractivity contribution is -0.384. The maximum absolute atomic E-state index is 12.8. The number of rotatable bonds is 8. The quantitative estimate of drug-likeness (QED) is 0.524. The summed E-state index contributed by atoms with van der Waals surface area (Å²) in [5, 5.41) is 17.0. The summed E-state index contributed by atoms with van der Waals surface area (Å²) in [5.74, 6) is 0.448. The van der Waals surface area contributed by atoms with Crippen molar-refractivity contribution in [2.45, 2.75) is 18.9 Å². The van der Waals surface area contributed by atoms with Gasteiger partial charge in [-0.25, -0.2) is 0 Å². The highest BCUT2D eigenvalue weighted by atomic mass is 16.6. The van der Waals surface area contributed by atoms with Crippen molar-refractivity contribution in [1.82, 2.24) is 10.2 Å². The van der Waals surface area contributed by atoms with Crippen molar-refractivity contribution in [3.05, 3.63) is 63.7 Å². The number of nitrogens with one attached hydrogen (secondary N) is 2. The van der Waals surface area contributed by atoms with E-state index in [0.717, 1.165) is 37.2 Å². The molecule has 1 heterocycles. The molecule has 8 nitrogen and oxygen atoms in total. The van der Waals surface area contributed by atoms with E-state index in [1.807, 2.05) is 24.3 Å². The van der Waals surface area contributed by atoms with Crippen molar-refractivity contribution in [1.29, 1.82) is 0 Å². The van der Waals surface area contributed by atoms with Crippen LogP contribution in [0.25, 0.3) is 0 Å². The monoisotopic (exact) mass is 398 g/mol. The summed E-state index contributed by atoms with van der Waals surface area (Å²) in [7, 11) is 3.31. The van der Waals surface area contributed by atoms with E-state index in [0.29, 0.717) is 12.2 Å². The molecule has 2 aromatic rings. The first-order valence-corrected chi connectivity index (χ1v) is 9.66. The van der Waals surface area contributed by atoms with Crippen molar-refractivity contribution in [2.75, 3.05) is 39.1 Å². The minimum atomic E-state index is -0.499. The predicted octanol–water partition coefficient (Wildman–Crippen LogP) is 3.21. The molecule has 29 heavy (non-hydrogen) atoms. The molecule has 1 unspecified atom stereocenters. The molecular weight excluding hydrogens is 372 g/mol. The molecule has 1 aliphatic heterocycles. The van der Waals surface area contributed by atoms with Crippen molar-refractivity contribution in [3.63, 3.8) is 0 Å². The average molecular weight is 398 g/mol. The highest BCUT2D eigenvalue weighted by Gasteiger charge is 2.25. The second-order valence-corrected chi connectivity index (χ2v) is 6.98. The summed E-state index contributed by atoms with van der Waals surface area (Å²) in [6, 6.07) is 12.1. The van der Waals surface area contributed by atoms with E-state index in [2.05, 4.69) is 15.5 Å². The molecule has 0 radical (unpaired) electrons. The number of ether oxygens (including phenoxy) is 1. The van der Waals surface area contributed by atoms with E-state index < -0.39 is 4.92 Å². The Bertz CT molecular complexity index is 863. The zero-order valence-electron chi connectivity index (χ0n) is 16.7. The zero-order chi connectivity index (χ0) is 20.8. The molecular formula is C21H26N4O4. The number of nitro groups is 1. The van der Waals surface area contributed by atoms with E-state index in [4.69, 9.17) is 4.74 Å². The van der Waals surface area contributed by atoms with Crippen molar-refractivity contribution >= 4 is 17.3 Å². The van der Waals surface area contributed by atoms with Gasteiger partial charge in [0.05, 0.1) is 23.6 Å². The maximum atomic E-state index is 12.8. The van der Waals surface area contributed by atoms with E-state index in [-0.39, 0.29) is 23.2 Å². The highest BCUT2D eigenvalue weighted by Crippen LogP contribution is 2.27. The molecule has 0 aromatic heterocycles. The molecule has 0 spiro atoms. The number of benzene rings is 2. The molecule has 0 bridgehead atoms. The Morgan fingerprint density at radius 2 is 1.90 bits per heavy atom. The lowest BCUT2D eigenvalue weighted by atomic mass is 10.0. The van der Waals surface area contributed by atoms with Gasteiger partial charge in [0, 0.05) is 31.4 Å². The lowest BCUT2D eigenvalue weighted by Crippen LogP contribution is -2.37. The SMILES string of the molecule is CNc1ccc([N+](=O)[O-])cc1C(=O)NCC(c1ccc(OC)cc1)N1CCCC1. The summed E-state index contributed by atoms with van der Waals surface area (Å²) in [6.07, 6.45) is 2.27. The van der Waals surface area contributed by atoms with Gasteiger partial charge in [0.15, 0.2) is 0 Å². The van der Waals surface area contributed by atoms with Crippen LogP contribution in [0.1, 0.15) is 34.8 Å². The van der Waals surface area contributed by atoms with E-state index in [1.165, 1.54) is 12.1 Å². The number of carbonyl (C=O) groups excluding carboxylic acids is 1. The third-order valence-electron chi connectivity index (χ3n) is 5.27. The number of carbonyl (C=O) groups is 1. The van der Waals surface area contributed by atoms with Gasteiger partial charge in [-0.2, -0.15) is 0 Å². The number of hydrogen-bond donors (Lipinski definition) is 2. The fourth-order valence-corrected chi connectivity index (χ4v) is 3.67. The summed E-state index contributed by atoms with van der Waals surface area (Å²) >= 11 is 0. The molecule has 8 heteroatoms. The fraction of sp³-hybridized carbons (Fsp3) is 0.381. The van der Waals surface area contributed by atoms with Crippen LogP contribution in [0.5, 0.6) is 5.75 Å². The van der Waals surface area contributed by atoms with Gasteiger partial charge in [-0.05, 0) is 49.7 Å². The second-order valence-electron chi connectivity index (χ2n) is 6.98. The number of methoxy groups -OCH3 is 1. The Morgan fingerprint density at radius 3 is 2.48 bits per heavy atom. The van der Waals surface area contributed by atoms with Gasteiger partial charge in [-0.15, -0.1) is 0 Å². The van der Waals surface area contributed by atoms with Crippen LogP contribution in [-0.2, 0) is 0 Å². The normalized spacial score (nSPS) is 15.0. The van der Waals surface area contributed by atoms with Crippen LogP contribution in [-0.4, -0.2) is 49.5 Å². The lowest BCUT2D eigenvalue weighted by Gasteiger charge is -2.28. The predicted molar refractivity (Wildman–Crippen MR) is 112 cm³/mol. The number of nitrogens with zero attached hydrogens (tertiary/aromatic N) is 2. The third-order valence-corrected chi connectivity index (χ3v) is 5.27. The van der Waals surface area contributed by atoms with Crippen LogP contribution < -0.4 is 15.4 Å². The van der Waals surface area contributed by atoms with Gasteiger partial charge >= 0.3 is 0 Å². The summed E-state index contributed by atoms with van der Waals surface area (Å²) in [6.45, 7) is 2.37. The van der Waals surface area contributed by atoms with Gasteiger partial charge in [0.2, 0.25) is 0 Å². The van der Waals surface area contributed by atoms with E-state index in [1.54, 1.807) is 20.2 Å². The van der Waals surface area contributed by atoms with Crippen LogP contribution in [0.2, 0.25) is 0 Å². The summed E-state index contributed by atoms with van der Waals surface area (Å²) in [5.41, 5.74) is 1.80. The fourth-order valence-electron chi connectivity index (χ4n) is 3.67. The smallest absolute Gasteiger partial charge is 0.270 e. The van der Waals surface area contributed by atoms with Crippen LogP contribution in [0.15, 0.2) is 42.5 Å². The highest BCUT2D eigenvalue weighted by molar-refractivity contribution is 6.00. The molecule has 2 N–H and O–H groups in total. The topological polar surface area (TPSA) is 96.7 Å². The van der Waals surface area contributed by atoms with Crippen LogP contribution >= 0.6 is 0 Å². The van der Waals surface area contributed by atoms with Crippen LogP contribution in [0.3, 0.4) is 0 Å². The van der Waals surface area contributed by atoms with Gasteiger partial charge in [0.25, 0.3) is 11.6 Å². The number of amides is 1. The molecule has 0 aliphatic carbocycles. The van der Waals surface area contributed by atoms with Crippen molar-refractivity contribution < 1.29 is 14.5 Å². The first-order valence-electron chi connectivity index (χ1n) is 9.66. The summed E-state index contributed by atoms with van der Waals surface area (Å²) in [4.78, 5) is 25.8.